The molecule has 0 spiro atoms. The molecule has 2 aromatic rings. The fraction of sp³-hybridized carbons (Fsp3) is 0.250. The number of ether oxygens (including phenoxy) is 1. The predicted octanol–water partition coefficient (Wildman–Crippen LogP) is 3.20. The van der Waals surface area contributed by atoms with Crippen LogP contribution >= 0.6 is 27.3 Å². The number of halogens is 1. The number of aromatic nitrogens is 1. The highest BCUT2D eigenvalue weighted by atomic mass is 79.9. The van der Waals surface area contributed by atoms with E-state index in [0.29, 0.717) is 6.61 Å². The second-order valence-electron chi connectivity index (χ2n) is 3.51. The highest BCUT2D eigenvalue weighted by Gasteiger charge is 2.02. The summed E-state index contributed by atoms with van der Waals surface area (Å²) in [6.45, 7) is 1.32. The van der Waals surface area contributed by atoms with Gasteiger partial charge in [0.25, 0.3) is 0 Å². The molecule has 0 aliphatic rings. The summed E-state index contributed by atoms with van der Waals surface area (Å²) in [5.74, 6) is 0.850. The van der Waals surface area contributed by atoms with Crippen molar-refractivity contribution in [3.8, 4) is 5.75 Å². The van der Waals surface area contributed by atoms with Gasteiger partial charge in [-0.05, 0) is 25.2 Å². The zero-order valence-electron chi connectivity index (χ0n) is 9.44. The lowest BCUT2D eigenvalue weighted by Gasteiger charge is -2.04. The molecule has 2 rings (SSSR count). The summed E-state index contributed by atoms with van der Waals surface area (Å²) < 4.78 is 6.68. The number of thiazole rings is 1. The van der Waals surface area contributed by atoms with E-state index >= 15 is 0 Å². The lowest BCUT2D eigenvalue weighted by Crippen LogP contribution is -2.05. The third-order valence-electron chi connectivity index (χ3n) is 2.11. The molecule has 0 fully saturated rings. The minimum atomic E-state index is 0.511. The van der Waals surface area contributed by atoms with Crippen molar-refractivity contribution in [2.24, 2.45) is 0 Å². The van der Waals surface area contributed by atoms with Crippen LogP contribution in [0.1, 0.15) is 10.7 Å². The third-order valence-corrected chi connectivity index (χ3v) is 3.50. The van der Waals surface area contributed by atoms with E-state index in [4.69, 9.17) is 4.74 Å². The van der Waals surface area contributed by atoms with Gasteiger partial charge >= 0.3 is 0 Å². The second-order valence-corrected chi connectivity index (χ2v) is 5.37. The summed E-state index contributed by atoms with van der Waals surface area (Å²) in [5, 5.41) is 6.20. The monoisotopic (exact) mass is 312 g/mol. The van der Waals surface area contributed by atoms with E-state index < -0.39 is 0 Å². The predicted molar refractivity (Wildman–Crippen MR) is 73.4 cm³/mol. The molecular formula is C12H13BrN2OS. The van der Waals surface area contributed by atoms with Crippen LogP contribution in [0, 0.1) is 0 Å². The lowest BCUT2D eigenvalue weighted by atomic mass is 10.3. The number of nitrogens with one attached hydrogen (secondary N) is 1. The second kappa shape index (κ2) is 6.14. The first kappa shape index (κ1) is 12.5. The Morgan fingerprint density at radius 2 is 2.35 bits per heavy atom. The minimum Gasteiger partial charge on any atom is -0.487 e. The van der Waals surface area contributed by atoms with Crippen LogP contribution in [0.5, 0.6) is 5.75 Å². The molecule has 0 aliphatic carbocycles. The Morgan fingerprint density at radius 1 is 1.47 bits per heavy atom. The van der Waals surface area contributed by atoms with Gasteiger partial charge in [-0.25, -0.2) is 4.98 Å². The summed E-state index contributed by atoms with van der Waals surface area (Å²) in [6, 6.07) is 7.81. The van der Waals surface area contributed by atoms with Crippen LogP contribution in [0.25, 0.3) is 0 Å². The Bertz CT molecular complexity index is 487. The van der Waals surface area contributed by atoms with Crippen molar-refractivity contribution in [2.75, 3.05) is 7.05 Å². The van der Waals surface area contributed by atoms with Gasteiger partial charge in [0.1, 0.15) is 17.4 Å². The molecule has 0 atom stereocenters. The van der Waals surface area contributed by atoms with E-state index in [-0.39, 0.29) is 0 Å². The van der Waals surface area contributed by atoms with E-state index in [0.717, 1.165) is 27.5 Å². The number of benzene rings is 1. The van der Waals surface area contributed by atoms with Gasteiger partial charge < -0.3 is 10.1 Å². The molecule has 0 radical (unpaired) electrons. The minimum absolute atomic E-state index is 0.511. The zero-order valence-corrected chi connectivity index (χ0v) is 11.8. The lowest BCUT2D eigenvalue weighted by molar-refractivity contribution is 0.301. The fourth-order valence-electron chi connectivity index (χ4n) is 1.36. The molecule has 1 aromatic heterocycles. The van der Waals surface area contributed by atoms with E-state index in [1.807, 2.05) is 36.7 Å². The van der Waals surface area contributed by atoms with Gasteiger partial charge in [-0.3, -0.25) is 0 Å². The Balaban J connectivity index is 1.93. The van der Waals surface area contributed by atoms with E-state index in [1.165, 1.54) is 0 Å². The zero-order chi connectivity index (χ0) is 12.1. The van der Waals surface area contributed by atoms with Gasteiger partial charge in [-0.1, -0.05) is 22.0 Å². The molecule has 1 aromatic carbocycles. The van der Waals surface area contributed by atoms with Gasteiger partial charge in [0.05, 0.1) is 5.69 Å². The van der Waals surface area contributed by atoms with Crippen molar-refractivity contribution < 1.29 is 4.74 Å². The van der Waals surface area contributed by atoms with Gasteiger partial charge in [0.15, 0.2) is 0 Å². The molecule has 3 nitrogen and oxygen atoms in total. The summed E-state index contributed by atoms with van der Waals surface area (Å²) in [7, 11) is 1.92. The molecule has 0 aliphatic heterocycles. The molecule has 17 heavy (non-hydrogen) atoms. The van der Waals surface area contributed by atoms with Crippen molar-refractivity contribution in [2.45, 2.75) is 13.2 Å². The Kier molecular flexibility index (Phi) is 4.53. The van der Waals surface area contributed by atoms with Gasteiger partial charge in [-0.15, -0.1) is 11.3 Å². The van der Waals surface area contributed by atoms with Crippen LogP contribution < -0.4 is 10.1 Å². The number of hydrogen-bond donors (Lipinski definition) is 1. The molecule has 0 saturated heterocycles. The summed E-state index contributed by atoms with van der Waals surface area (Å²) in [4.78, 5) is 4.46. The number of nitrogens with zero attached hydrogens (tertiary/aromatic N) is 1. The SMILES string of the molecule is CNCc1nc(COc2cccc(Br)c2)cs1. The van der Waals surface area contributed by atoms with Crippen LogP contribution in [0.3, 0.4) is 0 Å². The first-order valence-corrected chi connectivity index (χ1v) is 6.91. The first-order valence-electron chi connectivity index (χ1n) is 5.24. The van der Waals surface area contributed by atoms with Crippen molar-refractivity contribution in [3.05, 3.63) is 44.8 Å². The number of rotatable bonds is 5. The van der Waals surface area contributed by atoms with Crippen LogP contribution in [0.15, 0.2) is 34.1 Å². The smallest absolute Gasteiger partial charge is 0.131 e. The van der Waals surface area contributed by atoms with Gasteiger partial charge in [0, 0.05) is 16.4 Å². The van der Waals surface area contributed by atoms with Gasteiger partial charge in [0.2, 0.25) is 0 Å². The standard InChI is InChI=1S/C12H13BrN2OS/c1-14-6-12-15-10(8-17-12)7-16-11-4-2-3-9(13)5-11/h2-5,8,14H,6-7H2,1H3. The first-order chi connectivity index (χ1) is 8.28. The van der Waals surface area contributed by atoms with Crippen molar-refractivity contribution >= 4 is 27.3 Å². The highest BCUT2D eigenvalue weighted by Crippen LogP contribution is 2.19. The topological polar surface area (TPSA) is 34.2 Å². The molecule has 0 saturated carbocycles. The fourth-order valence-corrected chi connectivity index (χ4v) is 2.53. The average Bonchev–Trinajstić information content (AvgIpc) is 2.75. The molecule has 0 amide bonds. The van der Waals surface area contributed by atoms with Crippen LogP contribution in [-0.2, 0) is 13.2 Å². The summed E-state index contributed by atoms with van der Waals surface area (Å²) in [5.41, 5.74) is 0.972. The van der Waals surface area contributed by atoms with Crippen LogP contribution in [-0.4, -0.2) is 12.0 Å². The summed E-state index contributed by atoms with van der Waals surface area (Å²) >= 11 is 5.06. The highest BCUT2D eigenvalue weighted by molar-refractivity contribution is 9.10. The van der Waals surface area contributed by atoms with Crippen molar-refractivity contribution in [3.63, 3.8) is 0 Å². The molecule has 0 bridgehead atoms. The molecule has 0 unspecified atom stereocenters. The normalized spacial score (nSPS) is 10.5. The number of hydrogen-bond acceptors (Lipinski definition) is 4. The van der Waals surface area contributed by atoms with Crippen LogP contribution in [0.4, 0.5) is 0 Å². The van der Waals surface area contributed by atoms with E-state index in [2.05, 4.69) is 26.2 Å². The molecule has 5 heteroatoms. The Labute approximate surface area is 113 Å². The summed E-state index contributed by atoms with van der Waals surface area (Å²) in [6.07, 6.45) is 0. The quantitative estimate of drug-likeness (QED) is 0.920. The van der Waals surface area contributed by atoms with Crippen molar-refractivity contribution in [1.82, 2.24) is 10.3 Å². The van der Waals surface area contributed by atoms with Gasteiger partial charge in [-0.2, -0.15) is 0 Å². The van der Waals surface area contributed by atoms with E-state index in [1.54, 1.807) is 11.3 Å². The Hall–Kier alpha value is -0.910. The third kappa shape index (κ3) is 3.80. The van der Waals surface area contributed by atoms with Crippen LogP contribution in [0.2, 0.25) is 0 Å². The van der Waals surface area contributed by atoms with Crippen molar-refractivity contribution in [1.29, 1.82) is 0 Å². The maximum atomic E-state index is 5.66. The molecular weight excluding hydrogens is 300 g/mol. The maximum absolute atomic E-state index is 5.66. The maximum Gasteiger partial charge on any atom is 0.131 e. The Morgan fingerprint density at radius 3 is 3.12 bits per heavy atom. The molecule has 1 N–H and O–H groups in total. The molecule has 90 valence electrons. The average molecular weight is 313 g/mol. The largest absolute Gasteiger partial charge is 0.487 e. The van der Waals surface area contributed by atoms with E-state index in [9.17, 15) is 0 Å². The molecule has 1 heterocycles.